The van der Waals surface area contributed by atoms with Gasteiger partial charge in [-0.05, 0) is 24.3 Å². The zero-order chi connectivity index (χ0) is 17.9. The van der Waals surface area contributed by atoms with Crippen LogP contribution in [0.3, 0.4) is 0 Å². The van der Waals surface area contributed by atoms with E-state index in [1.807, 2.05) is 82.7 Å². The van der Waals surface area contributed by atoms with Gasteiger partial charge in [-0.2, -0.15) is 14.8 Å². The van der Waals surface area contributed by atoms with E-state index in [4.69, 9.17) is 11.5 Å². The molecule has 0 aliphatic rings. The van der Waals surface area contributed by atoms with E-state index in [0.29, 0.717) is 13.1 Å². The maximum Gasteiger partial charge on any atom is 0.262 e. The Morgan fingerprint density at radius 3 is 1.73 bits per heavy atom. The molecule has 0 amide bonds. The van der Waals surface area contributed by atoms with Crippen LogP contribution in [-0.2, 0) is 13.1 Å². The number of benzene rings is 1. The highest BCUT2D eigenvalue weighted by Gasteiger charge is 2.21. The summed E-state index contributed by atoms with van der Waals surface area (Å²) in [5.41, 5.74) is 16.0. The number of nitrogens with two attached hydrogens (primary N) is 2. The molecule has 0 fully saturated rings. The van der Waals surface area contributed by atoms with Crippen LogP contribution in [0.5, 0.6) is 0 Å². The maximum atomic E-state index is 5.72. The first-order valence-electron chi connectivity index (χ1n) is 8.40. The molecule has 26 heavy (non-hydrogen) atoms. The van der Waals surface area contributed by atoms with Gasteiger partial charge in [-0.3, -0.25) is 0 Å². The minimum Gasteiger partial charge on any atom is -0.325 e. The molecule has 0 radical (unpaired) electrons. The van der Waals surface area contributed by atoms with Crippen molar-refractivity contribution in [1.29, 1.82) is 0 Å². The number of nitrogens with zero attached hydrogens (tertiary/aromatic N) is 5. The average molecular weight is 346 g/mol. The summed E-state index contributed by atoms with van der Waals surface area (Å²) in [5.74, 6) is 0. The summed E-state index contributed by atoms with van der Waals surface area (Å²) in [7, 11) is 0. The standard InChI is InChI=1S/C19H20N7/c20-13-15-7-11-25(22-15)17-5-4-6-18(26-12-8-16(14-21)23-26)19(17)24-9-2-1-3-10-24/h1-12H,13-14,20-21H2/q+1. The highest BCUT2D eigenvalue weighted by Crippen LogP contribution is 2.22. The van der Waals surface area contributed by atoms with Crippen molar-refractivity contribution in [3.63, 3.8) is 0 Å². The second-order valence-electron chi connectivity index (χ2n) is 5.84. The van der Waals surface area contributed by atoms with Crippen molar-refractivity contribution in [3.05, 3.63) is 84.7 Å². The van der Waals surface area contributed by atoms with Crippen LogP contribution in [0.15, 0.2) is 73.3 Å². The molecule has 7 nitrogen and oxygen atoms in total. The molecule has 0 bridgehead atoms. The molecule has 4 N–H and O–H groups in total. The number of hydrogen-bond donors (Lipinski definition) is 2. The third-order valence-corrected chi connectivity index (χ3v) is 4.17. The van der Waals surface area contributed by atoms with E-state index < -0.39 is 0 Å². The fourth-order valence-electron chi connectivity index (χ4n) is 2.91. The summed E-state index contributed by atoms with van der Waals surface area (Å²) in [6, 6.07) is 15.9. The van der Waals surface area contributed by atoms with E-state index in [1.54, 1.807) is 0 Å². The number of para-hydroxylation sites is 1. The zero-order valence-electron chi connectivity index (χ0n) is 14.2. The molecule has 0 spiro atoms. The van der Waals surface area contributed by atoms with Crippen LogP contribution in [-0.4, -0.2) is 19.6 Å². The van der Waals surface area contributed by atoms with Crippen molar-refractivity contribution in [3.8, 4) is 17.1 Å². The van der Waals surface area contributed by atoms with Gasteiger partial charge in [0.15, 0.2) is 12.4 Å². The summed E-state index contributed by atoms with van der Waals surface area (Å²) in [4.78, 5) is 0. The molecule has 1 aromatic carbocycles. The average Bonchev–Trinajstić information content (AvgIpc) is 3.37. The maximum absolute atomic E-state index is 5.72. The lowest BCUT2D eigenvalue weighted by atomic mass is 10.2. The lowest BCUT2D eigenvalue weighted by molar-refractivity contribution is -0.595. The molecule has 4 aromatic rings. The van der Waals surface area contributed by atoms with Gasteiger partial charge in [0.1, 0.15) is 11.4 Å². The summed E-state index contributed by atoms with van der Waals surface area (Å²) >= 11 is 0. The summed E-state index contributed by atoms with van der Waals surface area (Å²) < 4.78 is 5.74. The van der Waals surface area contributed by atoms with Crippen molar-refractivity contribution in [2.75, 3.05) is 0 Å². The van der Waals surface area contributed by atoms with Gasteiger partial charge < -0.3 is 11.5 Å². The summed E-state index contributed by atoms with van der Waals surface area (Å²) in [5, 5.41) is 9.14. The number of hydrogen-bond acceptors (Lipinski definition) is 4. The molecular formula is C19H20N7+. The van der Waals surface area contributed by atoms with Crippen molar-refractivity contribution < 1.29 is 4.57 Å². The quantitative estimate of drug-likeness (QED) is 0.532. The fourth-order valence-corrected chi connectivity index (χ4v) is 2.91. The number of pyridine rings is 1. The monoisotopic (exact) mass is 346 g/mol. The van der Waals surface area contributed by atoms with Gasteiger partial charge in [0.2, 0.25) is 0 Å². The van der Waals surface area contributed by atoms with Crippen LogP contribution in [0.1, 0.15) is 11.4 Å². The molecule has 4 rings (SSSR count). The van der Waals surface area contributed by atoms with E-state index in [2.05, 4.69) is 14.8 Å². The molecular weight excluding hydrogens is 326 g/mol. The van der Waals surface area contributed by atoms with Gasteiger partial charge in [-0.25, -0.2) is 9.36 Å². The van der Waals surface area contributed by atoms with Crippen LogP contribution in [0.25, 0.3) is 17.1 Å². The first kappa shape index (κ1) is 16.2. The van der Waals surface area contributed by atoms with E-state index in [-0.39, 0.29) is 0 Å². The smallest absolute Gasteiger partial charge is 0.262 e. The molecule has 3 aromatic heterocycles. The molecule has 0 atom stereocenters. The normalized spacial score (nSPS) is 11.0. The summed E-state index contributed by atoms with van der Waals surface area (Å²) in [6.07, 6.45) is 7.84. The van der Waals surface area contributed by atoms with E-state index in [1.165, 1.54) is 0 Å². The van der Waals surface area contributed by atoms with Crippen LogP contribution in [0.2, 0.25) is 0 Å². The molecule has 0 aliphatic heterocycles. The minimum atomic E-state index is 0.402. The molecule has 0 saturated heterocycles. The highest BCUT2D eigenvalue weighted by molar-refractivity contribution is 5.59. The minimum absolute atomic E-state index is 0.402. The van der Waals surface area contributed by atoms with Gasteiger partial charge in [-0.1, -0.05) is 12.1 Å². The number of rotatable bonds is 5. The third kappa shape index (κ3) is 2.90. The predicted molar refractivity (Wildman–Crippen MR) is 98.0 cm³/mol. The van der Waals surface area contributed by atoms with Crippen LogP contribution in [0.4, 0.5) is 0 Å². The molecule has 0 aliphatic carbocycles. The van der Waals surface area contributed by atoms with Crippen molar-refractivity contribution in [2.45, 2.75) is 13.1 Å². The Hall–Kier alpha value is -3.29. The predicted octanol–water partition coefficient (Wildman–Crippen LogP) is 1.25. The molecule has 130 valence electrons. The summed E-state index contributed by atoms with van der Waals surface area (Å²) in [6.45, 7) is 0.805. The van der Waals surface area contributed by atoms with Crippen molar-refractivity contribution in [1.82, 2.24) is 19.6 Å². The van der Waals surface area contributed by atoms with Crippen LogP contribution < -0.4 is 16.0 Å². The Labute approximate surface area is 151 Å². The van der Waals surface area contributed by atoms with Crippen LogP contribution >= 0.6 is 0 Å². The second kappa shape index (κ2) is 6.91. The lowest BCUT2D eigenvalue weighted by Gasteiger charge is -2.10. The second-order valence-corrected chi connectivity index (χ2v) is 5.84. The molecule has 3 heterocycles. The van der Waals surface area contributed by atoms with Crippen LogP contribution in [0, 0.1) is 0 Å². The first-order chi connectivity index (χ1) is 12.8. The lowest BCUT2D eigenvalue weighted by Crippen LogP contribution is -2.33. The van der Waals surface area contributed by atoms with Gasteiger partial charge in [0.25, 0.3) is 5.69 Å². The zero-order valence-corrected chi connectivity index (χ0v) is 14.2. The highest BCUT2D eigenvalue weighted by atomic mass is 15.3. The molecule has 7 heteroatoms. The Morgan fingerprint density at radius 1 is 0.731 bits per heavy atom. The van der Waals surface area contributed by atoms with Gasteiger partial charge in [0, 0.05) is 37.6 Å². The topological polar surface area (TPSA) is 91.6 Å². The Morgan fingerprint density at radius 2 is 1.27 bits per heavy atom. The Kier molecular flexibility index (Phi) is 4.30. The molecule has 0 saturated carbocycles. The first-order valence-corrected chi connectivity index (χ1v) is 8.40. The van der Waals surface area contributed by atoms with Gasteiger partial charge in [0.05, 0.1) is 11.4 Å². The van der Waals surface area contributed by atoms with E-state index in [0.717, 1.165) is 28.5 Å². The van der Waals surface area contributed by atoms with Gasteiger partial charge >= 0.3 is 0 Å². The molecule has 0 unspecified atom stereocenters. The van der Waals surface area contributed by atoms with Crippen molar-refractivity contribution in [2.24, 2.45) is 11.5 Å². The van der Waals surface area contributed by atoms with E-state index in [9.17, 15) is 0 Å². The number of aromatic nitrogens is 5. The van der Waals surface area contributed by atoms with Crippen molar-refractivity contribution >= 4 is 0 Å². The Bertz CT molecular complexity index is 957. The third-order valence-electron chi connectivity index (χ3n) is 4.17. The van der Waals surface area contributed by atoms with Gasteiger partial charge in [-0.15, -0.1) is 0 Å². The Balaban J connectivity index is 1.95. The largest absolute Gasteiger partial charge is 0.325 e. The van der Waals surface area contributed by atoms with E-state index >= 15 is 0 Å². The SMILES string of the molecule is NCc1ccn(-c2cccc(-n3ccc(CN)n3)c2-[n+]2ccccc2)n1. The fraction of sp³-hybridized carbons (Fsp3) is 0.105.